The molecule has 0 N–H and O–H groups in total. The Kier molecular flexibility index (Phi) is 4.60. The van der Waals surface area contributed by atoms with Gasteiger partial charge in [-0.05, 0) is 55.4 Å². The van der Waals surface area contributed by atoms with Crippen LogP contribution in [0.4, 0.5) is 0 Å². The largest absolute Gasteiger partial charge is 0.370 e. The zero-order chi connectivity index (χ0) is 11.6. The van der Waals surface area contributed by atoms with Gasteiger partial charge in [0.05, 0.1) is 23.4 Å². The highest BCUT2D eigenvalue weighted by Crippen LogP contribution is 2.18. The predicted molar refractivity (Wildman–Crippen MR) is 60.6 cm³/mol. The molecule has 14 heavy (non-hydrogen) atoms. The summed E-state index contributed by atoms with van der Waals surface area (Å²) < 4.78 is 11.6. The van der Waals surface area contributed by atoms with Gasteiger partial charge in [0.2, 0.25) is 0 Å². The van der Waals surface area contributed by atoms with Crippen molar-refractivity contribution >= 4 is 0 Å². The Hall–Kier alpha value is -0.0800. The van der Waals surface area contributed by atoms with Crippen LogP contribution >= 0.6 is 0 Å². The molecule has 2 atom stereocenters. The van der Waals surface area contributed by atoms with E-state index in [1.165, 1.54) is 0 Å². The van der Waals surface area contributed by atoms with E-state index < -0.39 is 0 Å². The van der Waals surface area contributed by atoms with E-state index in [1.54, 1.807) is 0 Å². The fraction of sp³-hybridized carbons (Fsp3) is 1.00. The predicted octanol–water partition coefficient (Wildman–Crippen LogP) is 3.39. The molecular weight excluding hydrogens is 176 g/mol. The van der Waals surface area contributed by atoms with Gasteiger partial charge in [0.1, 0.15) is 0 Å². The first-order valence-corrected chi connectivity index (χ1v) is 5.37. The van der Waals surface area contributed by atoms with Gasteiger partial charge in [0.15, 0.2) is 0 Å². The van der Waals surface area contributed by atoms with Gasteiger partial charge in [-0.25, -0.2) is 0 Å². The van der Waals surface area contributed by atoms with E-state index >= 15 is 0 Å². The van der Waals surface area contributed by atoms with Crippen molar-refractivity contribution in [2.24, 2.45) is 0 Å². The molecule has 86 valence electrons. The van der Waals surface area contributed by atoms with Crippen molar-refractivity contribution in [1.82, 2.24) is 0 Å². The Morgan fingerprint density at radius 3 is 1.00 bits per heavy atom. The van der Waals surface area contributed by atoms with Crippen molar-refractivity contribution < 1.29 is 9.47 Å². The molecule has 2 nitrogen and oxygen atoms in total. The van der Waals surface area contributed by atoms with E-state index in [4.69, 9.17) is 9.47 Å². The van der Waals surface area contributed by atoms with Crippen LogP contribution in [0.15, 0.2) is 0 Å². The van der Waals surface area contributed by atoms with Crippen LogP contribution < -0.4 is 0 Å². The molecule has 0 amide bonds. The minimum Gasteiger partial charge on any atom is -0.370 e. The quantitative estimate of drug-likeness (QED) is 0.698. The van der Waals surface area contributed by atoms with Gasteiger partial charge in [0, 0.05) is 0 Å². The first-order chi connectivity index (χ1) is 6.01. The monoisotopic (exact) mass is 202 g/mol. The van der Waals surface area contributed by atoms with Crippen LogP contribution in [-0.4, -0.2) is 23.4 Å². The maximum absolute atomic E-state index is 5.82. The lowest BCUT2D eigenvalue weighted by atomic mass is 10.1. The van der Waals surface area contributed by atoms with Gasteiger partial charge in [-0.2, -0.15) is 0 Å². The molecule has 0 rings (SSSR count). The van der Waals surface area contributed by atoms with Crippen molar-refractivity contribution in [3.63, 3.8) is 0 Å². The van der Waals surface area contributed by atoms with Crippen LogP contribution in [0.1, 0.15) is 55.4 Å². The smallest absolute Gasteiger partial charge is 0.0813 e. The summed E-state index contributed by atoms with van der Waals surface area (Å²) in [6.45, 7) is 16.5. The second-order valence-corrected chi connectivity index (χ2v) is 5.87. The summed E-state index contributed by atoms with van der Waals surface area (Å²) in [7, 11) is 0. The topological polar surface area (TPSA) is 18.5 Å². The summed E-state index contributed by atoms with van der Waals surface area (Å²) in [4.78, 5) is 0. The highest BCUT2D eigenvalue weighted by atomic mass is 16.6. The molecule has 2 heteroatoms. The average molecular weight is 202 g/mol. The van der Waals surface area contributed by atoms with Crippen molar-refractivity contribution in [1.29, 1.82) is 0 Å². The fourth-order valence-corrected chi connectivity index (χ4v) is 1.31. The summed E-state index contributed by atoms with van der Waals surface area (Å²) in [5.74, 6) is 0. The zero-order valence-electron chi connectivity index (χ0n) is 11.0. The highest BCUT2D eigenvalue weighted by Gasteiger charge is 2.24. The second kappa shape index (κ2) is 4.63. The van der Waals surface area contributed by atoms with Crippen LogP contribution in [0.3, 0.4) is 0 Å². The minimum absolute atomic E-state index is 0.102. The van der Waals surface area contributed by atoms with Gasteiger partial charge in [-0.3, -0.25) is 0 Å². The summed E-state index contributed by atoms with van der Waals surface area (Å²) in [6, 6.07) is 0. The molecule has 0 aromatic heterocycles. The molecule has 0 fully saturated rings. The van der Waals surface area contributed by atoms with Crippen molar-refractivity contribution in [3.05, 3.63) is 0 Å². The highest BCUT2D eigenvalue weighted by molar-refractivity contribution is 4.71. The van der Waals surface area contributed by atoms with E-state index in [9.17, 15) is 0 Å². The maximum Gasteiger partial charge on any atom is 0.0813 e. The summed E-state index contributed by atoms with van der Waals surface area (Å²) in [5, 5.41) is 0. The Morgan fingerprint density at radius 2 is 0.857 bits per heavy atom. The minimum atomic E-state index is -0.102. The number of rotatable bonds is 3. The molecule has 0 unspecified atom stereocenters. The first-order valence-electron chi connectivity index (χ1n) is 5.37. The summed E-state index contributed by atoms with van der Waals surface area (Å²) in [5.41, 5.74) is -0.205. The Labute approximate surface area is 89.0 Å². The average Bonchev–Trinajstić information content (AvgIpc) is 1.78. The van der Waals surface area contributed by atoms with Crippen LogP contribution in [0.25, 0.3) is 0 Å². The normalized spacial score (nSPS) is 18.0. The Bertz CT molecular complexity index is 142. The molecule has 0 heterocycles. The molecule has 0 saturated carbocycles. The Balaban J connectivity index is 4.07. The number of hydrogen-bond donors (Lipinski definition) is 0. The van der Waals surface area contributed by atoms with Gasteiger partial charge in [-0.1, -0.05) is 0 Å². The SMILES string of the molecule is C[C@@H](OC(C)(C)C)[C@@H](C)OC(C)(C)C. The van der Waals surface area contributed by atoms with Gasteiger partial charge >= 0.3 is 0 Å². The number of hydrogen-bond acceptors (Lipinski definition) is 2. The molecule has 0 aliphatic rings. The van der Waals surface area contributed by atoms with E-state index in [2.05, 4.69) is 55.4 Å². The van der Waals surface area contributed by atoms with Gasteiger partial charge in [0.25, 0.3) is 0 Å². The van der Waals surface area contributed by atoms with Crippen molar-refractivity contribution in [2.45, 2.75) is 78.8 Å². The van der Waals surface area contributed by atoms with E-state index in [0.717, 1.165) is 0 Å². The maximum atomic E-state index is 5.82. The van der Waals surface area contributed by atoms with E-state index in [1.807, 2.05) is 0 Å². The van der Waals surface area contributed by atoms with Crippen LogP contribution in [-0.2, 0) is 9.47 Å². The molecule has 0 radical (unpaired) electrons. The number of ether oxygens (including phenoxy) is 2. The third-order valence-corrected chi connectivity index (χ3v) is 1.74. The van der Waals surface area contributed by atoms with E-state index in [0.29, 0.717) is 0 Å². The zero-order valence-corrected chi connectivity index (χ0v) is 11.0. The summed E-state index contributed by atoms with van der Waals surface area (Å²) in [6.07, 6.45) is 0.239. The molecule has 0 aliphatic heterocycles. The second-order valence-electron chi connectivity index (χ2n) is 5.87. The van der Waals surface area contributed by atoms with Crippen LogP contribution in [0.2, 0.25) is 0 Å². The Morgan fingerprint density at radius 1 is 0.643 bits per heavy atom. The lowest BCUT2D eigenvalue weighted by Gasteiger charge is -2.33. The molecule has 0 spiro atoms. The molecule has 0 aliphatic carbocycles. The molecule has 0 aromatic carbocycles. The van der Waals surface area contributed by atoms with Crippen molar-refractivity contribution in [3.8, 4) is 0 Å². The molecule has 0 aromatic rings. The lowest BCUT2D eigenvalue weighted by molar-refractivity contribution is -0.150. The van der Waals surface area contributed by atoms with Gasteiger partial charge < -0.3 is 9.47 Å². The molecule has 0 bridgehead atoms. The standard InChI is InChI=1S/C12H26O2/c1-9(13-11(3,4)5)10(2)14-12(6,7)8/h9-10H,1-8H3/t9-,10-/m1/s1. The summed E-state index contributed by atoms with van der Waals surface area (Å²) >= 11 is 0. The first kappa shape index (κ1) is 13.9. The van der Waals surface area contributed by atoms with Crippen molar-refractivity contribution in [2.75, 3.05) is 0 Å². The molecule has 0 saturated heterocycles. The van der Waals surface area contributed by atoms with Crippen LogP contribution in [0.5, 0.6) is 0 Å². The fourth-order valence-electron chi connectivity index (χ4n) is 1.31. The lowest BCUT2D eigenvalue weighted by Crippen LogP contribution is -2.38. The van der Waals surface area contributed by atoms with Gasteiger partial charge in [-0.15, -0.1) is 0 Å². The van der Waals surface area contributed by atoms with E-state index in [-0.39, 0.29) is 23.4 Å². The third kappa shape index (κ3) is 7.34. The molecular formula is C12H26O2. The third-order valence-electron chi connectivity index (χ3n) is 1.74. The van der Waals surface area contributed by atoms with Crippen LogP contribution in [0, 0.1) is 0 Å².